The van der Waals surface area contributed by atoms with Gasteiger partial charge in [-0.05, 0) is 37.3 Å². The van der Waals surface area contributed by atoms with Crippen molar-refractivity contribution >= 4 is 18.1 Å². The molecule has 26 heavy (non-hydrogen) atoms. The molecule has 2 N–H and O–H groups in total. The first-order chi connectivity index (χ1) is 12.5. The summed E-state index contributed by atoms with van der Waals surface area (Å²) in [6.45, 7) is 1.94. The molecule has 0 aliphatic carbocycles. The molecule has 3 aromatic rings. The first-order valence-corrected chi connectivity index (χ1v) is 7.87. The van der Waals surface area contributed by atoms with Crippen molar-refractivity contribution in [1.82, 2.24) is 5.43 Å². The van der Waals surface area contributed by atoms with Crippen LogP contribution in [0.2, 0.25) is 0 Å². The maximum Gasteiger partial charge on any atom is 0.336 e. The number of carboxylic acids is 1. The van der Waals surface area contributed by atoms with Gasteiger partial charge in [0.15, 0.2) is 0 Å². The van der Waals surface area contributed by atoms with Crippen molar-refractivity contribution in [3.63, 3.8) is 0 Å². The number of hydrogen-bond acceptors (Lipinski definition) is 4. The molecule has 0 bridgehead atoms. The molecule has 0 radical (unpaired) electrons. The van der Waals surface area contributed by atoms with Crippen molar-refractivity contribution in [1.29, 1.82) is 0 Å². The van der Waals surface area contributed by atoms with E-state index in [2.05, 4.69) is 10.5 Å². The normalized spacial score (nSPS) is 10.8. The fraction of sp³-hybridized carbons (Fsp3) is 0.0500. The average molecular weight is 348 g/mol. The Morgan fingerprint density at radius 2 is 1.77 bits per heavy atom. The Morgan fingerprint density at radius 3 is 2.50 bits per heavy atom. The summed E-state index contributed by atoms with van der Waals surface area (Å²) in [7, 11) is 0. The number of nitrogens with one attached hydrogen (secondary N) is 1. The molecule has 0 fully saturated rings. The second-order valence-corrected chi connectivity index (χ2v) is 5.62. The average Bonchev–Trinajstić information content (AvgIpc) is 3.11. The molecule has 0 unspecified atom stereocenters. The quantitative estimate of drug-likeness (QED) is 0.543. The molecular formula is C20H16N2O4. The Labute approximate surface area is 149 Å². The number of benzene rings is 2. The summed E-state index contributed by atoms with van der Waals surface area (Å²) < 4.78 is 5.60. The van der Waals surface area contributed by atoms with Crippen molar-refractivity contribution < 1.29 is 19.1 Å². The maximum absolute atomic E-state index is 12.0. The van der Waals surface area contributed by atoms with Crippen molar-refractivity contribution in [3.05, 3.63) is 83.1 Å². The third-order valence-corrected chi connectivity index (χ3v) is 3.72. The number of hydrogen-bond donors (Lipinski definition) is 2. The molecule has 0 spiro atoms. The summed E-state index contributed by atoms with van der Waals surface area (Å²) in [5.41, 5.74) is 4.62. The van der Waals surface area contributed by atoms with E-state index in [0.717, 1.165) is 5.56 Å². The van der Waals surface area contributed by atoms with Gasteiger partial charge in [-0.3, -0.25) is 4.79 Å². The lowest BCUT2D eigenvalue weighted by atomic mass is 10.1. The highest BCUT2D eigenvalue weighted by molar-refractivity contribution is 5.96. The van der Waals surface area contributed by atoms with Gasteiger partial charge in [0.25, 0.3) is 5.91 Å². The van der Waals surface area contributed by atoms with Crippen LogP contribution in [0.1, 0.15) is 32.0 Å². The summed E-state index contributed by atoms with van der Waals surface area (Å²) in [5.74, 6) is -0.555. The van der Waals surface area contributed by atoms with Crippen LogP contribution in [0, 0.1) is 6.92 Å². The third kappa shape index (κ3) is 3.87. The predicted molar refractivity (Wildman–Crippen MR) is 97.3 cm³/mol. The monoisotopic (exact) mass is 348 g/mol. The van der Waals surface area contributed by atoms with E-state index in [1.807, 2.05) is 19.1 Å². The van der Waals surface area contributed by atoms with Crippen molar-refractivity contribution in [2.45, 2.75) is 6.92 Å². The van der Waals surface area contributed by atoms with Crippen LogP contribution in [-0.2, 0) is 0 Å². The maximum atomic E-state index is 12.0. The fourth-order valence-electron chi connectivity index (χ4n) is 2.38. The number of rotatable bonds is 5. The van der Waals surface area contributed by atoms with E-state index >= 15 is 0 Å². The van der Waals surface area contributed by atoms with Crippen molar-refractivity contribution in [2.75, 3.05) is 0 Å². The SMILES string of the molecule is Cc1ccc(C(=O)N/N=C\c2ccc(-c3ccccc3C(=O)O)o2)cc1. The lowest BCUT2D eigenvalue weighted by Gasteiger charge is -2.02. The molecule has 1 aromatic heterocycles. The second kappa shape index (κ2) is 7.48. The molecule has 1 amide bonds. The van der Waals surface area contributed by atoms with Crippen molar-refractivity contribution in [3.8, 4) is 11.3 Å². The molecule has 0 saturated carbocycles. The Hall–Kier alpha value is -3.67. The van der Waals surface area contributed by atoms with E-state index in [9.17, 15) is 14.7 Å². The zero-order valence-electron chi connectivity index (χ0n) is 14.0. The second-order valence-electron chi connectivity index (χ2n) is 5.62. The summed E-state index contributed by atoms with van der Waals surface area (Å²) in [6.07, 6.45) is 1.36. The standard InChI is InChI=1S/C20H16N2O4/c1-13-6-8-14(9-7-13)19(23)22-21-12-15-10-11-18(26-15)16-4-2-3-5-17(16)20(24)25/h2-12H,1H3,(H,22,23)(H,24,25)/b21-12-. The van der Waals surface area contributed by atoms with Crippen molar-refractivity contribution in [2.24, 2.45) is 5.10 Å². The van der Waals surface area contributed by atoms with Gasteiger partial charge in [0.1, 0.15) is 11.5 Å². The van der Waals surface area contributed by atoms with Crippen LogP contribution in [0.15, 0.2) is 70.2 Å². The Bertz CT molecular complexity index is 971. The minimum Gasteiger partial charge on any atom is -0.478 e. The van der Waals surface area contributed by atoms with Gasteiger partial charge < -0.3 is 9.52 Å². The summed E-state index contributed by atoms with van der Waals surface area (Å²) in [6, 6.07) is 17.0. The highest BCUT2D eigenvalue weighted by Gasteiger charge is 2.13. The first-order valence-electron chi connectivity index (χ1n) is 7.87. The van der Waals surface area contributed by atoms with Gasteiger partial charge in [-0.25, -0.2) is 10.2 Å². The molecule has 130 valence electrons. The number of aromatic carboxylic acids is 1. The minimum absolute atomic E-state index is 0.151. The number of aryl methyl sites for hydroxylation is 1. The largest absolute Gasteiger partial charge is 0.478 e. The van der Waals surface area contributed by atoms with Crippen LogP contribution in [-0.4, -0.2) is 23.2 Å². The Kier molecular flexibility index (Phi) is 4.94. The molecule has 0 aliphatic rings. The number of furan rings is 1. The van der Waals surface area contributed by atoms with Gasteiger partial charge in [-0.15, -0.1) is 0 Å². The van der Waals surface area contributed by atoms with Gasteiger partial charge in [0.2, 0.25) is 0 Å². The third-order valence-electron chi connectivity index (χ3n) is 3.72. The van der Waals surface area contributed by atoms with Gasteiger partial charge >= 0.3 is 5.97 Å². The lowest BCUT2D eigenvalue weighted by molar-refractivity contribution is 0.0697. The van der Waals surface area contributed by atoms with Crippen LogP contribution in [0.25, 0.3) is 11.3 Å². The number of carbonyl (C=O) groups is 2. The molecule has 0 aliphatic heterocycles. The fourth-order valence-corrected chi connectivity index (χ4v) is 2.38. The van der Waals surface area contributed by atoms with Gasteiger partial charge in [-0.2, -0.15) is 5.10 Å². The number of nitrogens with zero attached hydrogens (tertiary/aromatic N) is 1. The van der Waals surface area contributed by atoms with Crippen LogP contribution >= 0.6 is 0 Å². The molecule has 1 heterocycles. The summed E-state index contributed by atoms with van der Waals surface area (Å²) >= 11 is 0. The zero-order valence-corrected chi connectivity index (χ0v) is 14.0. The van der Waals surface area contributed by atoms with Gasteiger partial charge in [-0.1, -0.05) is 35.9 Å². The molecule has 6 heteroatoms. The topological polar surface area (TPSA) is 91.9 Å². The van der Waals surface area contributed by atoms with Gasteiger partial charge in [0, 0.05) is 11.1 Å². The lowest BCUT2D eigenvalue weighted by Crippen LogP contribution is -2.17. The number of carbonyl (C=O) groups excluding carboxylic acids is 1. The number of hydrazone groups is 1. The highest BCUT2D eigenvalue weighted by Crippen LogP contribution is 2.25. The molecule has 0 saturated heterocycles. The number of carboxylic acid groups (broad SMARTS) is 1. The first kappa shape index (κ1) is 17.2. The Morgan fingerprint density at radius 1 is 1.04 bits per heavy atom. The van der Waals surface area contributed by atoms with E-state index in [4.69, 9.17) is 4.42 Å². The van der Waals surface area contributed by atoms with Crippen LogP contribution in [0.4, 0.5) is 0 Å². The minimum atomic E-state index is -1.03. The summed E-state index contributed by atoms with van der Waals surface area (Å²) in [5, 5.41) is 13.1. The molecular weight excluding hydrogens is 332 g/mol. The molecule has 2 aromatic carbocycles. The zero-order chi connectivity index (χ0) is 18.5. The smallest absolute Gasteiger partial charge is 0.336 e. The van der Waals surface area contributed by atoms with E-state index in [1.165, 1.54) is 12.3 Å². The molecule has 3 rings (SSSR count). The van der Waals surface area contributed by atoms with E-state index in [1.54, 1.807) is 42.5 Å². The summed E-state index contributed by atoms with van der Waals surface area (Å²) in [4.78, 5) is 23.3. The van der Waals surface area contributed by atoms with E-state index < -0.39 is 5.97 Å². The predicted octanol–water partition coefficient (Wildman–Crippen LogP) is 3.72. The highest BCUT2D eigenvalue weighted by atomic mass is 16.4. The van der Waals surface area contributed by atoms with Gasteiger partial charge in [0.05, 0.1) is 11.8 Å². The number of amides is 1. The van der Waals surface area contributed by atoms with Crippen LogP contribution < -0.4 is 5.43 Å². The molecule has 0 atom stereocenters. The Balaban J connectivity index is 1.71. The van der Waals surface area contributed by atoms with E-state index in [0.29, 0.717) is 22.6 Å². The molecule has 6 nitrogen and oxygen atoms in total. The van der Waals surface area contributed by atoms with Crippen LogP contribution in [0.5, 0.6) is 0 Å². The van der Waals surface area contributed by atoms with Crippen LogP contribution in [0.3, 0.4) is 0 Å². The van der Waals surface area contributed by atoms with E-state index in [-0.39, 0.29) is 11.5 Å².